The zero-order valence-corrected chi connectivity index (χ0v) is 36.5. The molecule has 0 fully saturated rings. The van der Waals surface area contributed by atoms with Crippen LogP contribution in [0.3, 0.4) is 0 Å². The molecule has 0 amide bonds. The molecule has 3 aromatic heterocycles. The molecule has 0 N–H and O–H groups in total. The second-order valence-corrected chi connectivity index (χ2v) is 16.7. The third-order valence-electron chi connectivity index (χ3n) is 12.2. The molecular formula is C59H40F3N5. The smallest absolute Gasteiger partial charge is 0.308 e. The van der Waals surface area contributed by atoms with E-state index in [1.165, 1.54) is 17.7 Å². The first kappa shape index (κ1) is 41.2. The second kappa shape index (κ2) is 16.8. The van der Waals surface area contributed by atoms with Crippen LogP contribution in [0.2, 0.25) is 0 Å². The van der Waals surface area contributed by atoms with E-state index in [0.29, 0.717) is 40.1 Å². The Balaban J connectivity index is 1.30. The van der Waals surface area contributed by atoms with Gasteiger partial charge in [0.1, 0.15) is 0 Å². The number of benzene rings is 8. The molecule has 0 saturated carbocycles. The number of hydrogen-bond acceptors (Lipinski definition) is 4. The van der Waals surface area contributed by atoms with Gasteiger partial charge in [0.15, 0.2) is 11.6 Å². The fourth-order valence-corrected chi connectivity index (χ4v) is 9.07. The predicted molar refractivity (Wildman–Crippen MR) is 264 cm³/mol. The SMILES string of the molecule is Cc1ccc(-c2ccc3c(c2)c2ccccc2n3-c2c(-c3cc(-c4ccccc4)nc(-c4ccccc4)n3)cc(C(F)(F)F)cc2-c2cc(-c3ccccc3)nc(-c3ccccc3)n2)c(C)c1. The normalized spacial score (nSPS) is 11.7. The van der Waals surface area contributed by atoms with Crippen molar-refractivity contribution in [1.29, 1.82) is 0 Å². The summed E-state index contributed by atoms with van der Waals surface area (Å²) in [6.07, 6.45) is -4.75. The molecular weight excluding hydrogens is 836 g/mol. The molecule has 11 rings (SSSR count). The fraction of sp³-hybridized carbons (Fsp3) is 0.0508. The number of aryl methyl sites for hydroxylation is 2. The van der Waals surface area contributed by atoms with Crippen LogP contribution in [0.4, 0.5) is 13.2 Å². The predicted octanol–water partition coefficient (Wildman–Crippen LogP) is 15.7. The molecule has 11 aromatic rings. The van der Waals surface area contributed by atoms with E-state index in [1.807, 2.05) is 140 Å². The molecule has 0 atom stereocenters. The quantitative estimate of drug-likeness (QED) is 0.153. The molecule has 0 bridgehead atoms. The van der Waals surface area contributed by atoms with Crippen molar-refractivity contribution in [2.45, 2.75) is 20.0 Å². The van der Waals surface area contributed by atoms with Gasteiger partial charge in [-0.05, 0) is 73.0 Å². The maximum absolute atomic E-state index is 15.7. The molecule has 0 aliphatic rings. The molecule has 0 aliphatic carbocycles. The molecule has 8 heteroatoms. The van der Waals surface area contributed by atoms with E-state index in [0.717, 1.165) is 60.8 Å². The lowest BCUT2D eigenvalue weighted by Crippen LogP contribution is -2.10. The summed E-state index contributed by atoms with van der Waals surface area (Å²) in [4.78, 5) is 20.4. The first-order valence-corrected chi connectivity index (χ1v) is 22.0. The Hall–Kier alpha value is -8.49. The summed E-state index contributed by atoms with van der Waals surface area (Å²) < 4.78 is 49.3. The van der Waals surface area contributed by atoms with Crippen LogP contribution in [0.5, 0.6) is 0 Å². The summed E-state index contributed by atoms with van der Waals surface area (Å²) in [5.41, 5.74) is 11.0. The average Bonchev–Trinajstić information content (AvgIpc) is 3.69. The lowest BCUT2D eigenvalue weighted by atomic mass is 9.95. The highest BCUT2D eigenvalue weighted by Crippen LogP contribution is 2.46. The van der Waals surface area contributed by atoms with Crippen LogP contribution >= 0.6 is 0 Å². The van der Waals surface area contributed by atoms with Gasteiger partial charge in [0, 0.05) is 44.2 Å². The molecule has 322 valence electrons. The molecule has 8 aromatic carbocycles. The molecule has 0 aliphatic heterocycles. The number of fused-ring (bicyclic) bond motifs is 3. The van der Waals surface area contributed by atoms with Crippen LogP contribution in [0.1, 0.15) is 16.7 Å². The van der Waals surface area contributed by atoms with Gasteiger partial charge in [-0.25, -0.2) is 19.9 Å². The number of para-hydroxylation sites is 1. The van der Waals surface area contributed by atoms with Crippen molar-refractivity contribution in [2.75, 3.05) is 0 Å². The lowest BCUT2D eigenvalue weighted by molar-refractivity contribution is -0.137. The van der Waals surface area contributed by atoms with Gasteiger partial charge in [0.25, 0.3) is 0 Å². The van der Waals surface area contributed by atoms with E-state index < -0.39 is 11.7 Å². The number of nitrogens with zero attached hydrogens (tertiary/aromatic N) is 5. The highest BCUT2D eigenvalue weighted by Gasteiger charge is 2.35. The van der Waals surface area contributed by atoms with E-state index in [1.54, 1.807) is 12.1 Å². The highest BCUT2D eigenvalue weighted by molar-refractivity contribution is 6.12. The molecule has 67 heavy (non-hydrogen) atoms. The number of aromatic nitrogens is 5. The van der Waals surface area contributed by atoms with Crippen molar-refractivity contribution in [1.82, 2.24) is 24.5 Å². The molecule has 0 spiro atoms. The standard InChI is InChI=1S/C59H40F3N5/c1-37-27-29-45(38(2)31-37)43-28-30-55-47(32-43)46-25-15-16-26-54(46)67(55)56-48(52-35-50(39-17-7-3-8-18-39)63-57(65-52)41-21-11-5-12-22-41)33-44(59(60,61)62)34-49(56)53-36-51(40-19-9-4-10-20-40)64-58(66-53)42-23-13-6-14-24-42/h3-36H,1-2H3. The zero-order chi connectivity index (χ0) is 45.6. The summed E-state index contributed by atoms with van der Waals surface area (Å²) in [7, 11) is 0. The molecule has 5 nitrogen and oxygen atoms in total. The van der Waals surface area contributed by atoms with Crippen LogP contribution in [-0.4, -0.2) is 24.5 Å². The highest BCUT2D eigenvalue weighted by atomic mass is 19.4. The van der Waals surface area contributed by atoms with Crippen molar-refractivity contribution in [3.05, 3.63) is 223 Å². The first-order valence-electron chi connectivity index (χ1n) is 22.0. The van der Waals surface area contributed by atoms with Crippen LogP contribution in [0.15, 0.2) is 206 Å². The van der Waals surface area contributed by atoms with Gasteiger partial charge in [-0.15, -0.1) is 0 Å². The zero-order valence-electron chi connectivity index (χ0n) is 36.5. The molecule has 3 heterocycles. The lowest BCUT2D eigenvalue weighted by Gasteiger charge is -2.22. The van der Waals surface area contributed by atoms with Crippen molar-refractivity contribution in [2.24, 2.45) is 0 Å². The van der Waals surface area contributed by atoms with Gasteiger partial charge in [0.2, 0.25) is 0 Å². The molecule has 0 radical (unpaired) electrons. The van der Waals surface area contributed by atoms with Crippen molar-refractivity contribution >= 4 is 21.8 Å². The van der Waals surface area contributed by atoms with E-state index in [4.69, 9.17) is 19.9 Å². The summed E-state index contributed by atoms with van der Waals surface area (Å²) in [5.74, 6) is 0.754. The van der Waals surface area contributed by atoms with Crippen molar-refractivity contribution in [3.63, 3.8) is 0 Å². The average molecular weight is 876 g/mol. The van der Waals surface area contributed by atoms with Gasteiger partial charge in [-0.1, -0.05) is 169 Å². The minimum atomic E-state index is -4.75. The monoisotopic (exact) mass is 875 g/mol. The summed E-state index contributed by atoms with van der Waals surface area (Å²) in [5, 5.41) is 1.89. The van der Waals surface area contributed by atoms with Gasteiger partial charge in [-0.2, -0.15) is 13.2 Å². The maximum Gasteiger partial charge on any atom is 0.416 e. The van der Waals surface area contributed by atoms with E-state index in [-0.39, 0.29) is 11.1 Å². The van der Waals surface area contributed by atoms with Gasteiger partial charge >= 0.3 is 6.18 Å². The Labute approximate surface area is 385 Å². The van der Waals surface area contributed by atoms with Crippen LogP contribution in [-0.2, 0) is 6.18 Å². The first-order chi connectivity index (χ1) is 32.7. The summed E-state index contributed by atoms with van der Waals surface area (Å²) >= 11 is 0. The third-order valence-corrected chi connectivity index (χ3v) is 12.2. The van der Waals surface area contributed by atoms with Gasteiger partial charge in [-0.3, -0.25) is 0 Å². The maximum atomic E-state index is 15.7. The Morgan fingerprint density at radius 3 is 1.34 bits per heavy atom. The van der Waals surface area contributed by atoms with E-state index in [9.17, 15) is 0 Å². The van der Waals surface area contributed by atoms with Crippen LogP contribution in [0, 0.1) is 13.8 Å². The van der Waals surface area contributed by atoms with Crippen molar-refractivity contribution < 1.29 is 13.2 Å². The number of alkyl halides is 3. The Bertz CT molecular complexity index is 3360. The fourth-order valence-electron chi connectivity index (χ4n) is 9.07. The minimum Gasteiger partial charge on any atom is -0.308 e. The summed E-state index contributed by atoms with van der Waals surface area (Å²) in [6.45, 7) is 4.19. The second-order valence-electron chi connectivity index (χ2n) is 16.7. The van der Waals surface area contributed by atoms with Crippen molar-refractivity contribution in [3.8, 4) is 84.6 Å². The third kappa shape index (κ3) is 7.82. The topological polar surface area (TPSA) is 56.5 Å². The largest absolute Gasteiger partial charge is 0.416 e. The van der Waals surface area contributed by atoms with E-state index >= 15 is 13.2 Å². The van der Waals surface area contributed by atoms with E-state index in [2.05, 4.69) is 60.9 Å². The van der Waals surface area contributed by atoms with Gasteiger partial charge < -0.3 is 4.57 Å². The van der Waals surface area contributed by atoms with Crippen LogP contribution in [0.25, 0.3) is 106 Å². The molecule has 0 saturated heterocycles. The summed E-state index contributed by atoms with van der Waals surface area (Å²) in [6, 6.07) is 65.2. The number of halogens is 3. The Kier molecular flexibility index (Phi) is 10.3. The van der Waals surface area contributed by atoms with Crippen LogP contribution < -0.4 is 0 Å². The Morgan fingerprint density at radius 1 is 0.373 bits per heavy atom. The Morgan fingerprint density at radius 2 is 0.836 bits per heavy atom. The molecule has 0 unspecified atom stereocenters. The van der Waals surface area contributed by atoms with Gasteiger partial charge in [0.05, 0.1) is 45.1 Å². The number of hydrogen-bond donors (Lipinski definition) is 0. The number of rotatable bonds is 8. The minimum absolute atomic E-state index is 0.254.